The van der Waals surface area contributed by atoms with Crippen LogP contribution in [0, 0.1) is 0 Å². The van der Waals surface area contributed by atoms with Crippen LogP contribution in [0.2, 0.25) is 0 Å². The Hall–Kier alpha value is -1.16. The molecule has 0 fully saturated rings. The van der Waals surface area contributed by atoms with Gasteiger partial charge in [-0.1, -0.05) is 59.0 Å². The lowest BCUT2D eigenvalue weighted by molar-refractivity contribution is -0.197. The average molecular weight is 419 g/mol. The Bertz CT molecular complexity index is 579. The van der Waals surface area contributed by atoms with Gasteiger partial charge in [0.1, 0.15) is 5.57 Å². The van der Waals surface area contributed by atoms with Crippen LogP contribution in [0.3, 0.4) is 0 Å². The van der Waals surface area contributed by atoms with Crippen LogP contribution in [-0.2, 0) is 19.6 Å². The number of sulfonamides is 1. The third-order valence-corrected chi connectivity index (χ3v) is 5.19. The number of hydrogen-bond donors (Lipinski definition) is 1. The van der Waals surface area contributed by atoms with Gasteiger partial charge in [-0.05, 0) is 12.8 Å². The fourth-order valence-electron chi connectivity index (χ4n) is 2.10. The number of esters is 1. The van der Waals surface area contributed by atoms with Crippen molar-refractivity contribution in [2.75, 3.05) is 12.4 Å². The molecule has 0 atom stereocenters. The van der Waals surface area contributed by atoms with Crippen molar-refractivity contribution in [3.05, 3.63) is 12.2 Å². The largest absolute Gasteiger partial charge is 0.462 e. The Balaban J connectivity index is 4.79. The van der Waals surface area contributed by atoms with Crippen molar-refractivity contribution in [3.8, 4) is 0 Å². The summed E-state index contributed by atoms with van der Waals surface area (Å²) in [6.45, 7) is 6.20. The molecule has 0 heterocycles. The summed E-state index contributed by atoms with van der Waals surface area (Å²) in [6, 6.07) is -5.20. The number of nitrogens with one attached hydrogen (secondary N) is 1. The number of carbonyl (C=O) groups is 1. The highest BCUT2D eigenvalue weighted by molar-refractivity contribution is 7.89. The van der Waals surface area contributed by atoms with Gasteiger partial charge < -0.3 is 4.74 Å². The van der Waals surface area contributed by atoms with Gasteiger partial charge in [0.25, 0.3) is 0 Å². The third-order valence-electron chi connectivity index (χ3n) is 3.80. The van der Waals surface area contributed by atoms with Crippen molar-refractivity contribution in [1.29, 1.82) is 0 Å². The van der Waals surface area contributed by atoms with E-state index >= 15 is 0 Å². The van der Waals surface area contributed by atoms with Gasteiger partial charge in [0, 0.05) is 0 Å². The molecule has 0 bridgehead atoms. The van der Waals surface area contributed by atoms with Crippen LogP contribution in [0.1, 0.15) is 65.2 Å². The topological polar surface area (TPSA) is 72.5 Å². The first-order valence-corrected chi connectivity index (χ1v) is 10.7. The van der Waals surface area contributed by atoms with Crippen LogP contribution in [0.25, 0.3) is 0 Å². The Morgan fingerprint density at radius 1 is 0.963 bits per heavy atom. The molecule has 0 saturated carbocycles. The summed E-state index contributed by atoms with van der Waals surface area (Å²) in [5, 5.41) is 0. The van der Waals surface area contributed by atoms with E-state index in [4.69, 9.17) is 0 Å². The summed E-state index contributed by atoms with van der Waals surface area (Å²) in [5.74, 6) is -7.52. The third kappa shape index (κ3) is 9.05. The minimum absolute atomic E-state index is 0.0701. The van der Waals surface area contributed by atoms with E-state index in [1.165, 1.54) is 0 Å². The smallest absolute Gasteiger partial charge is 0.382 e. The number of rotatable bonds is 15. The summed E-state index contributed by atoms with van der Waals surface area (Å²) in [7, 11) is -4.67. The van der Waals surface area contributed by atoms with Crippen molar-refractivity contribution < 1.29 is 35.5 Å². The molecule has 0 aliphatic heterocycles. The fourth-order valence-corrected chi connectivity index (χ4v) is 3.30. The predicted octanol–water partition coefficient (Wildman–Crippen LogP) is 4.39. The van der Waals surface area contributed by atoms with Crippen molar-refractivity contribution in [3.63, 3.8) is 0 Å². The minimum Gasteiger partial charge on any atom is -0.462 e. The first kappa shape index (κ1) is 25.8. The molecule has 0 amide bonds. The van der Waals surface area contributed by atoms with Crippen LogP contribution in [-0.4, -0.2) is 38.7 Å². The molecular formula is C17H29F4NO4S. The molecule has 0 radical (unpaired) electrons. The molecular weight excluding hydrogens is 390 g/mol. The molecule has 1 N–H and O–H groups in total. The average Bonchev–Trinajstić information content (AvgIpc) is 2.56. The van der Waals surface area contributed by atoms with Gasteiger partial charge in [0.05, 0.1) is 12.4 Å². The maximum Gasteiger partial charge on any atom is 0.382 e. The first-order valence-electron chi connectivity index (χ1n) is 9.05. The van der Waals surface area contributed by atoms with E-state index in [1.807, 2.05) is 6.92 Å². The molecule has 0 rings (SSSR count). The van der Waals surface area contributed by atoms with Crippen molar-refractivity contribution in [2.24, 2.45) is 0 Å². The minimum atomic E-state index is -5.20. The summed E-state index contributed by atoms with van der Waals surface area (Å²) in [5.41, 5.74) is -1.80. The van der Waals surface area contributed by atoms with Gasteiger partial charge in [-0.3, -0.25) is 0 Å². The van der Waals surface area contributed by atoms with Crippen LogP contribution < -0.4 is 4.72 Å². The lowest BCUT2D eigenvalue weighted by Crippen LogP contribution is -2.56. The van der Waals surface area contributed by atoms with Gasteiger partial charge in [-0.2, -0.15) is 17.6 Å². The summed E-state index contributed by atoms with van der Waals surface area (Å²) < 4.78 is 84.2. The molecule has 0 aromatic rings. The molecule has 0 aliphatic carbocycles. The van der Waals surface area contributed by atoms with E-state index in [0.717, 1.165) is 25.7 Å². The fraction of sp³-hybridized carbons (Fsp3) is 0.824. The first-order chi connectivity index (χ1) is 12.4. The van der Waals surface area contributed by atoms with E-state index in [2.05, 4.69) is 11.3 Å². The zero-order valence-electron chi connectivity index (χ0n) is 15.8. The lowest BCUT2D eigenvalue weighted by atomic mass is 10.1. The van der Waals surface area contributed by atoms with Gasteiger partial charge >= 0.3 is 17.9 Å². The SMILES string of the molecule is C=C(C(=O)OCCCC)C(F)(F)C(F)(F)NS(=O)(=O)CCCCCCCC. The molecule has 0 aromatic carbocycles. The molecule has 0 spiro atoms. The summed E-state index contributed by atoms with van der Waals surface area (Å²) in [4.78, 5) is 11.5. The van der Waals surface area contributed by atoms with E-state index < -0.39 is 39.3 Å². The molecule has 0 aliphatic rings. The monoisotopic (exact) mass is 419 g/mol. The Morgan fingerprint density at radius 2 is 1.48 bits per heavy atom. The number of hydrogen-bond acceptors (Lipinski definition) is 4. The maximum absolute atomic E-state index is 13.9. The van der Waals surface area contributed by atoms with E-state index in [0.29, 0.717) is 24.0 Å². The Morgan fingerprint density at radius 3 is 2.04 bits per heavy atom. The van der Waals surface area contributed by atoms with Gasteiger partial charge in [0.2, 0.25) is 10.0 Å². The molecule has 0 aromatic heterocycles. The number of ether oxygens (including phenoxy) is 1. The second-order valence-corrected chi connectivity index (χ2v) is 8.15. The zero-order chi connectivity index (χ0) is 21.1. The van der Waals surface area contributed by atoms with Crippen molar-refractivity contribution in [1.82, 2.24) is 4.72 Å². The van der Waals surface area contributed by atoms with E-state index in [1.54, 1.807) is 6.92 Å². The molecule has 27 heavy (non-hydrogen) atoms. The highest BCUT2D eigenvalue weighted by Crippen LogP contribution is 2.38. The van der Waals surface area contributed by atoms with Crippen molar-refractivity contribution in [2.45, 2.75) is 77.2 Å². The van der Waals surface area contributed by atoms with Crippen LogP contribution in [0.15, 0.2) is 12.2 Å². The highest BCUT2D eigenvalue weighted by Gasteiger charge is 2.62. The molecule has 5 nitrogen and oxygen atoms in total. The van der Waals surface area contributed by atoms with Crippen molar-refractivity contribution >= 4 is 16.0 Å². The number of halogens is 4. The van der Waals surface area contributed by atoms with Crippen LogP contribution in [0.4, 0.5) is 17.6 Å². The van der Waals surface area contributed by atoms with E-state index in [-0.39, 0.29) is 13.0 Å². The Kier molecular flexibility index (Phi) is 11.1. The Labute approximate surface area is 158 Å². The van der Waals surface area contributed by atoms with Gasteiger partial charge in [-0.25, -0.2) is 13.2 Å². The van der Waals surface area contributed by atoms with Crippen LogP contribution >= 0.6 is 0 Å². The quantitative estimate of drug-likeness (QED) is 0.140. The van der Waals surface area contributed by atoms with Crippen LogP contribution in [0.5, 0.6) is 0 Å². The van der Waals surface area contributed by atoms with Gasteiger partial charge in [-0.15, -0.1) is 4.72 Å². The lowest BCUT2D eigenvalue weighted by Gasteiger charge is -2.27. The standard InChI is InChI=1S/C17H29F4NO4S/c1-4-6-8-9-10-11-13-27(24,25)22-17(20,21)16(18,19)14(3)15(23)26-12-7-5-2/h22H,3-13H2,1-2H3. The van der Waals surface area contributed by atoms with E-state index in [9.17, 15) is 30.8 Å². The molecule has 160 valence electrons. The summed E-state index contributed by atoms with van der Waals surface area (Å²) in [6.07, 6.45) is 5.11. The maximum atomic E-state index is 13.9. The molecule has 10 heteroatoms. The number of carbonyl (C=O) groups excluding carboxylic acids is 1. The highest BCUT2D eigenvalue weighted by atomic mass is 32.2. The predicted molar refractivity (Wildman–Crippen MR) is 95.2 cm³/mol. The summed E-state index contributed by atoms with van der Waals surface area (Å²) >= 11 is 0. The molecule has 0 unspecified atom stereocenters. The normalized spacial score (nSPS) is 12.8. The van der Waals surface area contributed by atoms with Gasteiger partial charge in [0.15, 0.2) is 0 Å². The number of alkyl halides is 4. The molecule has 0 saturated heterocycles. The second kappa shape index (κ2) is 11.6. The number of unbranched alkanes of at least 4 members (excludes halogenated alkanes) is 6. The second-order valence-electron chi connectivity index (χ2n) is 6.31. The zero-order valence-corrected chi connectivity index (χ0v) is 16.6.